The second-order valence-corrected chi connectivity index (χ2v) is 4.91. The van der Waals surface area contributed by atoms with Crippen LogP contribution in [-0.2, 0) is 11.2 Å². The molecule has 1 unspecified atom stereocenters. The molecular formula is C14H18N2O2. The van der Waals surface area contributed by atoms with Crippen LogP contribution in [0.1, 0.15) is 15.9 Å². The van der Waals surface area contributed by atoms with Crippen molar-refractivity contribution in [2.45, 2.75) is 18.6 Å². The van der Waals surface area contributed by atoms with Crippen molar-refractivity contribution < 1.29 is 9.53 Å². The van der Waals surface area contributed by atoms with Crippen LogP contribution in [0.15, 0.2) is 24.3 Å². The summed E-state index contributed by atoms with van der Waals surface area (Å²) in [6, 6.07) is 8.06. The van der Waals surface area contributed by atoms with Crippen LogP contribution in [-0.4, -0.2) is 49.7 Å². The molecule has 1 amide bonds. The predicted molar refractivity (Wildman–Crippen MR) is 68.6 cm³/mol. The van der Waals surface area contributed by atoms with Gasteiger partial charge >= 0.3 is 0 Å². The van der Waals surface area contributed by atoms with Crippen molar-refractivity contribution in [2.75, 3.05) is 26.7 Å². The van der Waals surface area contributed by atoms with Gasteiger partial charge in [-0.25, -0.2) is 0 Å². The fourth-order valence-electron chi connectivity index (χ4n) is 2.95. The van der Waals surface area contributed by atoms with E-state index in [4.69, 9.17) is 4.74 Å². The summed E-state index contributed by atoms with van der Waals surface area (Å²) < 4.78 is 5.46. The summed E-state index contributed by atoms with van der Waals surface area (Å²) in [5.74, 6) is 0.146. The number of benzene rings is 1. The molecule has 1 aromatic rings. The van der Waals surface area contributed by atoms with Crippen LogP contribution >= 0.6 is 0 Å². The Kier molecular flexibility index (Phi) is 3.06. The summed E-state index contributed by atoms with van der Waals surface area (Å²) in [4.78, 5) is 14.5. The maximum atomic E-state index is 12.5. The van der Waals surface area contributed by atoms with Crippen molar-refractivity contribution in [3.8, 4) is 0 Å². The van der Waals surface area contributed by atoms with Gasteiger partial charge in [0.2, 0.25) is 0 Å². The maximum absolute atomic E-state index is 12.5. The standard InChI is InChI=1S/C14H18N2O2/c1-18-13-9-15-8-12(13)16-7-6-10-4-2-3-5-11(10)14(16)17/h2-5,12-13,15H,6-9H2,1H3/t12?,13-/m0/s1. The number of methoxy groups -OCH3 is 1. The summed E-state index contributed by atoms with van der Waals surface area (Å²) in [5, 5.41) is 3.30. The molecule has 4 nitrogen and oxygen atoms in total. The second kappa shape index (κ2) is 4.71. The van der Waals surface area contributed by atoms with E-state index >= 15 is 0 Å². The van der Waals surface area contributed by atoms with Crippen molar-refractivity contribution in [1.82, 2.24) is 10.2 Å². The Morgan fingerprint density at radius 1 is 1.33 bits per heavy atom. The summed E-state index contributed by atoms with van der Waals surface area (Å²) in [6.45, 7) is 2.45. The third-order valence-corrected chi connectivity index (χ3v) is 3.96. The van der Waals surface area contributed by atoms with Gasteiger partial charge in [-0.3, -0.25) is 4.79 Å². The molecule has 1 N–H and O–H groups in total. The molecular weight excluding hydrogens is 228 g/mol. The number of rotatable bonds is 2. The molecule has 2 aliphatic rings. The highest BCUT2D eigenvalue weighted by molar-refractivity contribution is 5.97. The SMILES string of the molecule is CO[C@H]1CNCC1N1CCc2ccccc2C1=O. The van der Waals surface area contributed by atoms with Gasteiger partial charge in [-0.2, -0.15) is 0 Å². The third-order valence-electron chi connectivity index (χ3n) is 3.96. The number of ether oxygens (including phenoxy) is 1. The lowest BCUT2D eigenvalue weighted by molar-refractivity contribution is 0.0328. The number of nitrogens with one attached hydrogen (secondary N) is 1. The molecule has 2 atom stereocenters. The van der Waals surface area contributed by atoms with Crippen molar-refractivity contribution in [2.24, 2.45) is 0 Å². The number of fused-ring (bicyclic) bond motifs is 1. The van der Waals surface area contributed by atoms with E-state index in [0.717, 1.165) is 31.6 Å². The van der Waals surface area contributed by atoms with Crippen LogP contribution in [0.25, 0.3) is 0 Å². The van der Waals surface area contributed by atoms with E-state index in [0.29, 0.717) is 0 Å². The lowest BCUT2D eigenvalue weighted by atomic mass is 9.97. The average molecular weight is 246 g/mol. The van der Waals surface area contributed by atoms with E-state index in [2.05, 4.69) is 5.32 Å². The summed E-state index contributed by atoms with van der Waals surface area (Å²) in [6.07, 6.45) is 1.05. The van der Waals surface area contributed by atoms with Crippen molar-refractivity contribution >= 4 is 5.91 Å². The summed E-state index contributed by atoms with van der Waals surface area (Å²) in [7, 11) is 1.72. The molecule has 3 rings (SSSR count). The van der Waals surface area contributed by atoms with Crippen LogP contribution in [0.4, 0.5) is 0 Å². The predicted octanol–water partition coefficient (Wildman–Crippen LogP) is 0.672. The maximum Gasteiger partial charge on any atom is 0.254 e. The van der Waals surface area contributed by atoms with Gasteiger partial charge in [-0.05, 0) is 18.1 Å². The second-order valence-electron chi connectivity index (χ2n) is 4.91. The van der Waals surface area contributed by atoms with Crippen LogP contribution in [0.5, 0.6) is 0 Å². The zero-order chi connectivity index (χ0) is 12.5. The van der Waals surface area contributed by atoms with Crippen LogP contribution in [0, 0.1) is 0 Å². The third kappa shape index (κ3) is 1.82. The first-order valence-electron chi connectivity index (χ1n) is 6.43. The van der Waals surface area contributed by atoms with E-state index in [-0.39, 0.29) is 18.1 Å². The molecule has 1 saturated heterocycles. The molecule has 0 spiro atoms. The van der Waals surface area contributed by atoms with Gasteiger partial charge in [0.1, 0.15) is 0 Å². The molecule has 0 aromatic heterocycles. The minimum Gasteiger partial charge on any atom is -0.378 e. The first-order valence-corrected chi connectivity index (χ1v) is 6.43. The zero-order valence-corrected chi connectivity index (χ0v) is 10.6. The molecule has 2 aliphatic heterocycles. The van der Waals surface area contributed by atoms with Gasteiger partial charge in [0, 0.05) is 32.3 Å². The topological polar surface area (TPSA) is 41.6 Å². The van der Waals surface area contributed by atoms with Crippen LogP contribution in [0.3, 0.4) is 0 Å². The largest absolute Gasteiger partial charge is 0.378 e. The number of carbonyl (C=O) groups excluding carboxylic acids is 1. The first-order chi connectivity index (χ1) is 8.81. The fourth-order valence-corrected chi connectivity index (χ4v) is 2.95. The van der Waals surface area contributed by atoms with E-state index in [1.165, 1.54) is 5.56 Å². The Labute approximate surface area is 107 Å². The molecule has 18 heavy (non-hydrogen) atoms. The molecule has 1 fully saturated rings. The number of carbonyl (C=O) groups is 1. The van der Waals surface area contributed by atoms with Gasteiger partial charge in [0.05, 0.1) is 12.1 Å². The highest BCUT2D eigenvalue weighted by atomic mass is 16.5. The smallest absolute Gasteiger partial charge is 0.254 e. The molecule has 1 aromatic carbocycles. The Morgan fingerprint density at radius 2 is 2.17 bits per heavy atom. The Bertz CT molecular complexity index is 461. The number of amides is 1. The lowest BCUT2D eigenvalue weighted by Gasteiger charge is -2.35. The average Bonchev–Trinajstić information content (AvgIpc) is 2.88. The number of hydrogen-bond donors (Lipinski definition) is 1. The van der Waals surface area contributed by atoms with E-state index in [1.54, 1.807) is 7.11 Å². The molecule has 2 heterocycles. The fraction of sp³-hybridized carbons (Fsp3) is 0.500. The van der Waals surface area contributed by atoms with Gasteiger partial charge in [0.15, 0.2) is 0 Å². The van der Waals surface area contributed by atoms with Crippen LogP contribution < -0.4 is 5.32 Å². The van der Waals surface area contributed by atoms with Crippen molar-refractivity contribution in [3.05, 3.63) is 35.4 Å². The number of nitrogens with zero attached hydrogens (tertiary/aromatic N) is 1. The Hall–Kier alpha value is -1.39. The van der Waals surface area contributed by atoms with E-state index in [9.17, 15) is 4.79 Å². The molecule has 4 heteroatoms. The van der Waals surface area contributed by atoms with Gasteiger partial charge in [0.25, 0.3) is 5.91 Å². The number of hydrogen-bond acceptors (Lipinski definition) is 3. The summed E-state index contributed by atoms with van der Waals surface area (Å²) >= 11 is 0. The Balaban J connectivity index is 1.86. The van der Waals surface area contributed by atoms with Crippen LogP contribution in [0.2, 0.25) is 0 Å². The normalized spacial score (nSPS) is 27.4. The minimum absolute atomic E-state index is 0.110. The van der Waals surface area contributed by atoms with E-state index in [1.807, 2.05) is 29.2 Å². The minimum atomic E-state index is 0.110. The highest BCUT2D eigenvalue weighted by Gasteiger charge is 2.37. The first kappa shape index (κ1) is 11.7. The van der Waals surface area contributed by atoms with Crippen molar-refractivity contribution in [3.63, 3.8) is 0 Å². The molecule has 96 valence electrons. The zero-order valence-electron chi connectivity index (χ0n) is 10.6. The van der Waals surface area contributed by atoms with Crippen molar-refractivity contribution in [1.29, 1.82) is 0 Å². The quantitative estimate of drug-likeness (QED) is 0.834. The van der Waals surface area contributed by atoms with Gasteiger partial charge < -0.3 is 15.0 Å². The highest BCUT2D eigenvalue weighted by Crippen LogP contribution is 2.23. The molecule has 0 saturated carbocycles. The molecule has 0 aliphatic carbocycles. The monoisotopic (exact) mass is 246 g/mol. The summed E-state index contributed by atoms with van der Waals surface area (Å²) in [5.41, 5.74) is 2.02. The van der Waals surface area contributed by atoms with Gasteiger partial charge in [-0.1, -0.05) is 18.2 Å². The lowest BCUT2D eigenvalue weighted by Crippen LogP contribution is -2.50. The Morgan fingerprint density at radius 3 is 3.00 bits per heavy atom. The molecule has 0 bridgehead atoms. The van der Waals surface area contributed by atoms with E-state index < -0.39 is 0 Å². The van der Waals surface area contributed by atoms with Gasteiger partial charge in [-0.15, -0.1) is 0 Å². The molecule has 0 radical (unpaired) electrons.